The highest BCUT2D eigenvalue weighted by Crippen LogP contribution is 2.29. The monoisotopic (exact) mass is 394 g/mol. The molecular formula is C19H21F3N4O2. The normalized spacial score (nSPS) is 16.5. The van der Waals surface area contributed by atoms with Crippen molar-refractivity contribution in [2.45, 2.75) is 38.1 Å². The van der Waals surface area contributed by atoms with E-state index in [1.165, 1.54) is 0 Å². The van der Waals surface area contributed by atoms with Crippen molar-refractivity contribution in [2.24, 2.45) is 0 Å². The molecule has 2 heterocycles. The number of alkyl halides is 3. The average Bonchev–Trinajstić information content (AvgIpc) is 2.69. The SMILES string of the molecule is C[C@H](Oc1ccccc1)C(=O)NC1CCN(c2cc(C(F)(F)F)ncn2)CC1. The number of amides is 1. The smallest absolute Gasteiger partial charge is 0.433 e. The van der Waals surface area contributed by atoms with E-state index in [0.717, 1.165) is 12.4 Å². The van der Waals surface area contributed by atoms with E-state index in [1.807, 2.05) is 18.2 Å². The van der Waals surface area contributed by atoms with Crippen LogP contribution >= 0.6 is 0 Å². The second kappa shape index (κ2) is 8.45. The second-order valence-corrected chi connectivity index (χ2v) is 6.60. The summed E-state index contributed by atoms with van der Waals surface area (Å²) in [7, 11) is 0. The highest BCUT2D eigenvalue weighted by Gasteiger charge is 2.33. The van der Waals surface area contributed by atoms with Gasteiger partial charge in [-0.2, -0.15) is 13.2 Å². The van der Waals surface area contributed by atoms with E-state index >= 15 is 0 Å². The lowest BCUT2D eigenvalue weighted by atomic mass is 10.0. The Balaban J connectivity index is 1.51. The molecule has 9 heteroatoms. The van der Waals surface area contributed by atoms with E-state index < -0.39 is 18.0 Å². The number of hydrogen-bond donors (Lipinski definition) is 1. The first-order chi connectivity index (χ1) is 13.3. The van der Waals surface area contributed by atoms with Crippen molar-refractivity contribution in [1.29, 1.82) is 0 Å². The molecule has 1 aromatic carbocycles. The van der Waals surface area contributed by atoms with Gasteiger partial charge < -0.3 is 15.0 Å². The minimum Gasteiger partial charge on any atom is -0.481 e. The molecule has 1 amide bonds. The third-order valence-electron chi connectivity index (χ3n) is 4.53. The van der Waals surface area contributed by atoms with Gasteiger partial charge in [0, 0.05) is 25.2 Å². The molecule has 3 rings (SSSR count). The van der Waals surface area contributed by atoms with Gasteiger partial charge in [-0.1, -0.05) is 18.2 Å². The van der Waals surface area contributed by atoms with Crippen LogP contribution in [0.1, 0.15) is 25.5 Å². The van der Waals surface area contributed by atoms with Crippen LogP contribution in [0.4, 0.5) is 19.0 Å². The van der Waals surface area contributed by atoms with Gasteiger partial charge in [0.1, 0.15) is 23.6 Å². The number of hydrogen-bond acceptors (Lipinski definition) is 5. The average molecular weight is 394 g/mol. The quantitative estimate of drug-likeness (QED) is 0.844. The van der Waals surface area contributed by atoms with Crippen LogP contribution in [0, 0.1) is 0 Å². The van der Waals surface area contributed by atoms with Crippen LogP contribution in [-0.4, -0.2) is 41.1 Å². The number of piperidine rings is 1. The molecule has 1 atom stereocenters. The number of carbonyl (C=O) groups excluding carboxylic acids is 1. The summed E-state index contributed by atoms with van der Waals surface area (Å²) in [5, 5.41) is 2.94. The molecule has 1 aliphatic rings. The first kappa shape index (κ1) is 19.9. The summed E-state index contributed by atoms with van der Waals surface area (Å²) in [5.41, 5.74) is -0.959. The van der Waals surface area contributed by atoms with E-state index in [-0.39, 0.29) is 17.8 Å². The maximum Gasteiger partial charge on any atom is 0.433 e. The Morgan fingerprint density at radius 2 is 1.89 bits per heavy atom. The molecule has 1 fully saturated rings. The highest BCUT2D eigenvalue weighted by molar-refractivity contribution is 5.81. The fourth-order valence-corrected chi connectivity index (χ4v) is 3.00. The summed E-state index contributed by atoms with van der Waals surface area (Å²) >= 11 is 0. The van der Waals surface area contributed by atoms with Crippen molar-refractivity contribution in [2.75, 3.05) is 18.0 Å². The summed E-state index contributed by atoms with van der Waals surface area (Å²) in [6.45, 7) is 2.66. The predicted octanol–water partition coefficient (Wildman–Crippen LogP) is 3.05. The Bertz CT molecular complexity index is 793. The van der Waals surface area contributed by atoms with Crippen molar-refractivity contribution in [3.63, 3.8) is 0 Å². The summed E-state index contributed by atoms with van der Waals surface area (Å²) in [5.74, 6) is 0.640. The van der Waals surface area contributed by atoms with Gasteiger partial charge in [0.05, 0.1) is 0 Å². The second-order valence-electron chi connectivity index (χ2n) is 6.60. The molecular weight excluding hydrogens is 373 g/mol. The van der Waals surface area contributed by atoms with Gasteiger partial charge in [-0.15, -0.1) is 0 Å². The Kier molecular flexibility index (Phi) is 6.01. The van der Waals surface area contributed by atoms with E-state index in [1.54, 1.807) is 24.0 Å². The molecule has 1 aromatic heterocycles. The van der Waals surface area contributed by atoms with E-state index in [9.17, 15) is 18.0 Å². The number of aromatic nitrogens is 2. The number of carbonyl (C=O) groups is 1. The highest BCUT2D eigenvalue weighted by atomic mass is 19.4. The Morgan fingerprint density at radius 1 is 1.21 bits per heavy atom. The molecule has 1 aliphatic heterocycles. The molecule has 1 saturated heterocycles. The summed E-state index contributed by atoms with van der Waals surface area (Å²) in [4.78, 5) is 21.3. The standard InChI is InChI=1S/C19H21F3N4O2/c1-13(28-15-5-3-2-4-6-15)18(27)25-14-7-9-26(10-8-14)17-11-16(19(20,21)22)23-12-24-17/h2-6,11-14H,7-10H2,1H3,(H,25,27)/t13-/m0/s1. The lowest BCUT2D eigenvalue weighted by molar-refractivity contribution is -0.141. The number of rotatable bonds is 5. The van der Waals surface area contributed by atoms with Gasteiger partial charge in [0.15, 0.2) is 6.10 Å². The van der Waals surface area contributed by atoms with Crippen LogP contribution < -0.4 is 15.0 Å². The van der Waals surface area contributed by atoms with Gasteiger partial charge >= 0.3 is 6.18 Å². The lowest BCUT2D eigenvalue weighted by Gasteiger charge is -2.33. The number of anilines is 1. The van der Waals surface area contributed by atoms with Gasteiger partial charge in [-0.05, 0) is 31.9 Å². The maximum atomic E-state index is 12.8. The third kappa shape index (κ3) is 5.11. The fourth-order valence-electron chi connectivity index (χ4n) is 3.00. The predicted molar refractivity (Wildman–Crippen MR) is 96.9 cm³/mol. The van der Waals surface area contributed by atoms with Crippen molar-refractivity contribution in [3.05, 3.63) is 48.4 Å². The van der Waals surface area contributed by atoms with Gasteiger partial charge in [0.2, 0.25) is 0 Å². The van der Waals surface area contributed by atoms with Crippen LogP contribution in [0.3, 0.4) is 0 Å². The largest absolute Gasteiger partial charge is 0.481 e. The Morgan fingerprint density at radius 3 is 2.54 bits per heavy atom. The maximum absolute atomic E-state index is 12.8. The molecule has 1 N–H and O–H groups in total. The lowest BCUT2D eigenvalue weighted by Crippen LogP contribution is -2.48. The van der Waals surface area contributed by atoms with Crippen molar-refractivity contribution in [3.8, 4) is 5.75 Å². The summed E-state index contributed by atoms with van der Waals surface area (Å²) in [6, 6.07) is 9.96. The van der Waals surface area contributed by atoms with Crippen molar-refractivity contribution < 1.29 is 22.7 Å². The molecule has 28 heavy (non-hydrogen) atoms. The minimum atomic E-state index is -4.50. The topological polar surface area (TPSA) is 67.3 Å². The van der Waals surface area contributed by atoms with Crippen LogP contribution in [0.2, 0.25) is 0 Å². The number of halogens is 3. The summed E-state index contributed by atoms with van der Waals surface area (Å²) < 4.78 is 44.0. The fraction of sp³-hybridized carbons (Fsp3) is 0.421. The number of para-hydroxylation sites is 1. The summed E-state index contributed by atoms with van der Waals surface area (Å²) in [6.07, 6.45) is -3.01. The first-order valence-electron chi connectivity index (χ1n) is 8.99. The number of ether oxygens (including phenoxy) is 1. The zero-order chi connectivity index (χ0) is 20.1. The van der Waals surface area contributed by atoms with Gasteiger partial charge in [-0.3, -0.25) is 4.79 Å². The molecule has 0 saturated carbocycles. The van der Waals surface area contributed by atoms with E-state index in [4.69, 9.17) is 4.74 Å². The van der Waals surface area contributed by atoms with E-state index in [0.29, 0.717) is 31.7 Å². The van der Waals surface area contributed by atoms with Crippen LogP contribution in [-0.2, 0) is 11.0 Å². The van der Waals surface area contributed by atoms with E-state index in [2.05, 4.69) is 15.3 Å². The number of nitrogens with one attached hydrogen (secondary N) is 1. The van der Waals surface area contributed by atoms with Crippen LogP contribution in [0.25, 0.3) is 0 Å². The number of nitrogens with zero attached hydrogens (tertiary/aromatic N) is 3. The molecule has 6 nitrogen and oxygen atoms in total. The van der Waals surface area contributed by atoms with Crippen molar-refractivity contribution >= 4 is 11.7 Å². The van der Waals surface area contributed by atoms with Gasteiger partial charge in [0.25, 0.3) is 5.91 Å². The zero-order valence-corrected chi connectivity index (χ0v) is 15.3. The molecule has 0 aliphatic carbocycles. The third-order valence-corrected chi connectivity index (χ3v) is 4.53. The Hall–Kier alpha value is -2.84. The molecule has 0 bridgehead atoms. The van der Waals surface area contributed by atoms with Crippen molar-refractivity contribution in [1.82, 2.24) is 15.3 Å². The zero-order valence-electron chi connectivity index (χ0n) is 15.3. The molecule has 0 spiro atoms. The number of benzene rings is 1. The van der Waals surface area contributed by atoms with Gasteiger partial charge in [-0.25, -0.2) is 9.97 Å². The molecule has 2 aromatic rings. The Labute approximate surface area is 160 Å². The minimum absolute atomic E-state index is 0.0607. The molecule has 0 unspecified atom stereocenters. The molecule has 150 valence electrons. The van der Waals surface area contributed by atoms with Crippen LogP contribution in [0.5, 0.6) is 5.75 Å². The molecule has 0 radical (unpaired) electrons. The first-order valence-corrected chi connectivity index (χ1v) is 8.99. The van der Waals surface area contributed by atoms with Crippen LogP contribution in [0.15, 0.2) is 42.7 Å².